The zero-order valence-corrected chi connectivity index (χ0v) is 12.8. The van der Waals surface area contributed by atoms with E-state index in [4.69, 9.17) is 38.9 Å². The molecule has 0 aliphatic carbocycles. The van der Waals surface area contributed by atoms with E-state index >= 15 is 0 Å². The zero-order valence-electron chi connectivity index (χ0n) is 11.3. The van der Waals surface area contributed by atoms with Gasteiger partial charge in [0, 0.05) is 16.2 Å². The fourth-order valence-corrected chi connectivity index (χ4v) is 2.93. The summed E-state index contributed by atoms with van der Waals surface area (Å²) in [6.45, 7) is 0. The molecule has 0 fully saturated rings. The highest BCUT2D eigenvalue weighted by Gasteiger charge is 2.28. The van der Waals surface area contributed by atoms with Crippen molar-refractivity contribution < 1.29 is 9.94 Å². The minimum absolute atomic E-state index is 0.0180. The lowest BCUT2D eigenvalue weighted by atomic mass is 9.95. The molecule has 0 aromatic heterocycles. The Labute approximate surface area is 137 Å². The van der Waals surface area contributed by atoms with Gasteiger partial charge < -0.3 is 15.7 Å². The molecule has 2 aromatic rings. The van der Waals surface area contributed by atoms with Gasteiger partial charge in [0.2, 0.25) is 0 Å². The maximum absolute atomic E-state index is 9.02. The number of hydrogen-bond acceptors (Lipinski definition) is 3. The lowest BCUT2D eigenvalue weighted by Gasteiger charge is -2.27. The Morgan fingerprint density at radius 2 is 1.91 bits per heavy atom. The van der Waals surface area contributed by atoms with Gasteiger partial charge in [-0.3, -0.25) is 0 Å². The molecule has 1 heterocycles. The maximum Gasteiger partial charge on any atom is 0.170 e. The van der Waals surface area contributed by atoms with Gasteiger partial charge in [-0.15, -0.1) is 0 Å². The number of fused-ring (bicyclic) bond motifs is 1. The van der Waals surface area contributed by atoms with Crippen LogP contribution in [-0.4, -0.2) is 11.0 Å². The third-order valence-corrected chi connectivity index (χ3v) is 3.87. The van der Waals surface area contributed by atoms with E-state index in [0.717, 1.165) is 5.56 Å². The highest BCUT2D eigenvalue weighted by Crippen LogP contribution is 2.42. The van der Waals surface area contributed by atoms with E-state index in [1.54, 1.807) is 18.2 Å². The maximum atomic E-state index is 9.02. The van der Waals surface area contributed by atoms with E-state index < -0.39 is 6.10 Å². The van der Waals surface area contributed by atoms with E-state index in [1.165, 1.54) is 0 Å². The standard InChI is InChI=1S/C16H12Cl2N2O2/c17-11-6-10-7-12(16(19)20-21)14(9-4-2-1-3-5-9)22-15(10)13(18)8-11/h1-8,14,21H,(H2,19,20). The molecule has 4 nitrogen and oxygen atoms in total. The number of nitrogens with zero attached hydrogens (tertiary/aromatic N) is 1. The Balaban J connectivity index is 2.17. The molecule has 3 rings (SSSR count). The molecule has 0 bridgehead atoms. The number of halogens is 2. The Morgan fingerprint density at radius 3 is 2.59 bits per heavy atom. The summed E-state index contributed by atoms with van der Waals surface area (Å²) in [5, 5.41) is 13.0. The van der Waals surface area contributed by atoms with Crippen LogP contribution in [0.5, 0.6) is 5.75 Å². The molecule has 1 atom stereocenters. The average Bonchev–Trinajstić information content (AvgIpc) is 2.53. The van der Waals surface area contributed by atoms with Crippen molar-refractivity contribution in [3.05, 3.63) is 69.2 Å². The summed E-state index contributed by atoms with van der Waals surface area (Å²) in [6, 6.07) is 12.8. The van der Waals surface area contributed by atoms with Gasteiger partial charge in [-0.2, -0.15) is 0 Å². The first-order valence-electron chi connectivity index (χ1n) is 6.50. The van der Waals surface area contributed by atoms with Crippen LogP contribution in [0.25, 0.3) is 6.08 Å². The summed E-state index contributed by atoms with van der Waals surface area (Å²) in [4.78, 5) is 0. The first-order valence-corrected chi connectivity index (χ1v) is 7.26. The van der Waals surface area contributed by atoms with Gasteiger partial charge in [-0.1, -0.05) is 58.7 Å². The van der Waals surface area contributed by atoms with Crippen LogP contribution in [-0.2, 0) is 0 Å². The Morgan fingerprint density at radius 1 is 1.18 bits per heavy atom. The largest absolute Gasteiger partial charge is 0.479 e. The highest BCUT2D eigenvalue weighted by molar-refractivity contribution is 6.36. The van der Waals surface area contributed by atoms with Gasteiger partial charge in [0.05, 0.1) is 5.02 Å². The minimum atomic E-state index is -0.511. The van der Waals surface area contributed by atoms with Gasteiger partial charge in [0.15, 0.2) is 11.9 Å². The lowest BCUT2D eigenvalue weighted by Crippen LogP contribution is -2.25. The van der Waals surface area contributed by atoms with E-state index in [-0.39, 0.29) is 5.84 Å². The van der Waals surface area contributed by atoms with Crippen molar-refractivity contribution in [1.82, 2.24) is 0 Å². The summed E-state index contributed by atoms with van der Waals surface area (Å²) in [7, 11) is 0. The molecule has 1 aliphatic heterocycles. The molecular weight excluding hydrogens is 323 g/mol. The first-order chi connectivity index (χ1) is 10.6. The molecule has 2 aromatic carbocycles. The number of rotatable bonds is 2. The van der Waals surface area contributed by atoms with Crippen LogP contribution in [0.2, 0.25) is 10.0 Å². The Bertz CT molecular complexity index is 773. The Hall–Kier alpha value is -2.17. The number of oxime groups is 1. The predicted octanol–water partition coefficient (Wildman–Crippen LogP) is 4.26. The monoisotopic (exact) mass is 334 g/mol. The van der Waals surface area contributed by atoms with Crippen molar-refractivity contribution in [2.45, 2.75) is 6.10 Å². The SMILES string of the molecule is N/C(=N\O)C1=Cc2cc(Cl)cc(Cl)c2OC1c1ccccc1. The summed E-state index contributed by atoms with van der Waals surface area (Å²) < 4.78 is 6.01. The average molecular weight is 335 g/mol. The van der Waals surface area contributed by atoms with Gasteiger partial charge in [0.25, 0.3) is 0 Å². The summed E-state index contributed by atoms with van der Waals surface area (Å²) in [5.41, 5.74) is 7.89. The molecule has 0 saturated carbocycles. The first kappa shape index (κ1) is 14.8. The number of ether oxygens (including phenoxy) is 1. The molecule has 6 heteroatoms. The van der Waals surface area contributed by atoms with Crippen molar-refractivity contribution >= 4 is 35.1 Å². The van der Waals surface area contributed by atoms with E-state index in [2.05, 4.69) is 5.16 Å². The molecular formula is C16H12Cl2N2O2. The van der Waals surface area contributed by atoms with Gasteiger partial charge in [0.1, 0.15) is 5.75 Å². The van der Waals surface area contributed by atoms with E-state index in [9.17, 15) is 0 Å². The van der Waals surface area contributed by atoms with Crippen LogP contribution in [0.1, 0.15) is 17.2 Å². The van der Waals surface area contributed by atoms with Crippen LogP contribution in [0, 0.1) is 0 Å². The lowest BCUT2D eigenvalue weighted by molar-refractivity contribution is 0.243. The van der Waals surface area contributed by atoms with Crippen molar-refractivity contribution in [2.24, 2.45) is 10.9 Å². The normalized spacial score (nSPS) is 17.5. The topological polar surface area (TPSA) is 67.8 Å². The predicted molar refractivity (Wildman–Crippen MR) is 87.7 cm³/mol. The third kappa shape index (κ3) is 2.63. The summed E-state index contributed by atoms with van der Waals surface area (Å²) in [5.74, 6) is 0.505. The second kappa shape index (κ2) is 5.91. The summed E-state index contributed by atoms with van der Waals surface area (Å²) >= 11 is 12.2. The van der Waals surface area contributed by atoms with Gasteiger partial charge in [-0.05, 0) is 23.8 Å². The fourth-order valence-electron chi connectivity index (χ4n) is 2.38. The van der Waals surface area contributed by atoms with Gasteiger partial charge in [-0.25, -0.2) is 0 Å². The number of amidine groups is 1. The number of hydrogen-bond donors (Lipinski definition) is 2. The second-order valence-electron chi connectivity index (χ2n) is 4.80. The summed E-state index contributed by atoms with van der Waals surface area (Å²) in [6.07, 6.45) is 1.26. The molecule has 1 unspecified atom stereocenters. The second-order valence-corrected chi connectivity index (χ2v) is 5.64. The quantitative estimate of drug-likeness (QED) is 0.373. The molecule has 22 heavy (non-hydrogen) atoms. The van der Waals surface area contributed by atoms with Crippen LogP contribution < -0.4 is 10.5 Å². The van der Waals surface area contributed by atoms with Crippen LogP contribution in [0.4, 0.5) is 0 Å². The highest BCUT2D eigenvalue weighted by atomic mass is 35.5. The molecule has 0 spiro atoms. The molecule has 0 amide bonds. The number of nitrogens with two attached hydrogens (primary N) is 1. The number of benzene rings is 2. The molecule has 3 N–H and O–H groups in total. The molecule has 112 valence electrons. The van der Waals surface area contributed by atoms with Gasteiger partial charge >= 0.3 is 0 Å². The van der Waals surface area contributed by atoms with Crippen molar-refractivity contribution in [3.8, 4) is 5.75 Å². The molecule has 0 saturated heterocycles. The molecule has 0 radical (unpaired) electrons. The third-order valence-electron chi connectivity index (χ3n) is 3.37. The van der Waals surface area contributed by atoms with Crippen molar-refractivity contribution in [1.29, 1.82) is 0 Å². The van der Waals surface area contributed by atoms with Crippen molar-refractivity contribution in [2.75, 3.05) is 0 Å². The zero-order chi connectivity index (χ0) is 15.7. The fraction of sp³-hybridized carbons (Fsp3) is 0.0625. The van der Waals surface area contributed by atoms with Crippen molar-refractivity contribution in [3.63, 3.8) is 0 Å². The van der Waals surface area contributed by atoms with Crippen LogP contribution >= 0.6 is 23.2 Å². The van der Waals surface area contributed by atoms with E-state index in [0.29, 0.717) is 26.9 Å². The molecule has 1 aliphatic rings. The minimum Gasteiger partial charge on any atom is -0.479 e. The van der Waals surface area contributed by atoms with E-state index in [1.807, 2.05) is 30.3 Å². The smallest absolute Gasteiger partial charge is 0.170 e. The van der Waals surface area contributed by atoms with Crippen LogP contribution in [0.15, 0.2) is 53.2 Å². The van der Waals surface area contributed by atoms with Crippen LogP contribution in [0.3, 0.4) is 0 Å². The Kier molecular flexibility index (Phi) is 3.96.